The van der Waals surface area contributed by atoms with Crippen LogP contribution in [0.2, 0.25) is 0 Å². The molecule has 1 fully saturated rings. The number of hydroxylamine groups is 1. The molecule has 2 aromatic carbocycles. The van der Waals surface area contributed by atoms with Crippen LogP contribution in [0.5, 0.6) is 5.75 Å². The van der Waals surface area contributed by atoms with Gasteiger partial charge in [-0.1, -0.05) is 18.2 Å². The lowest BCUT2D eigenvalue weighted by Crippen LogP contribution is -2.58. The van der Waals surface area contributed by atoms with Crippen molar-refractivity contribution in [2.75, 3.05) is 13.1 Å². The standard InChI is InChI=1S/C26H30N6O4/c1-17-14-19(21-4-2-3-5-22(21)29-17)16-36-20-8-6-18(7-9-20)24(34)30-26(15-23(33)31-35)10-12-32(13-11-26)25(27)28/h2-9,14,35H,10-13,15-16H2,1H3,(H3,27,28)(H,30,34)(H,31,33). The second-order valence-corrected chi connectivity index (χ2v) is 9.07. The fourth-order valence-electron chi connectivity index (χ4n) is 4.56. The topological polar surface area (TPSA) is 154 Å². The largest absolute Gasteiger partial charge is 0.489 e. The summed E-state index contributed by atoms with van der Waals surface area (Å²) in [6.45, 7) is 3.15. The number of fused-ring (bicyclic) bond motifs is 1. The molecule has 0 bridgehead atoms. The van der Waals surface area contributed by atoms with Crippen molar-refractivity contribution in [3.05, 3.63) is 71.4 Å². The van der Waals surface area contributed by atoms with Crippen LogP contribution in [0, 0.1) is 12.3 Å². The summed E-state index contributed by atoms with van der Waals surface area (Å²) in [5, 5.41) is 20.6. The number of carbonyl (C=O) groups is 2. The Morgan fingerprint density at radius 3 is 2.53 bits per heavy atom. The second kappa shape index (κ2) is 10.6. The molecule has 1 aromatic heterocycles. The van der Waals surface area contributed by atoms with Crippen LogP contribution in [-0.4, -0.2) is 51.5 Å². The van der Waals surface area contributed by atoms with Gasteiger partial charge in [-0.2, -0.15) is 0 Å². The Morgan fingerprint density at radius 2 is 1.86 bits per heavy atom. The zero-order valence-corrected chi connectivity index (χ0v) is 20.1. The fraction of sp³-hybridized carbons (Fsp3) is 0.308. The summed E-state index contributed by atoms with van der Waals surface area (Å²) in [6, 6.07) is 16.7. The normalized spacial score (nSPS) is 14.8. The van der Waals surface area contributed by atoms with Crippen LogP contribution in [0.1, 0.15) is 40.9 Å². The third kappa shape index (κ3) is 5.72. The Morgan fingerprint density at radius 1 is 1.17 bits per heavy atom. The Balaban J connectivity index is 1.43. The number of guanidine groups is 1. The third-order valence-electron chi connectivity index (χ3n) is 6.50. The minimum absolute atomic E-state index is 0.0490. The van der Waals surface area contributed by atoms with E-state index in [0.29, 0.717) is 43.9 Å². The van der Waals surface area contributed by atoms with Crippen molar-refractivity contribution in [2.24, 2.45) is 5.73 Å². The number of hydrogen-bond acceptors (Lipinski definition) is 6. The van der Waals surface area contributed by atoms with Crippen molar-refractivity contribution in [3.63, 3.8) is 0 Å². The van der Waals surface area contributed by atoms with Gasteiger partial charge in [0.2, 0.25) is 5.91 Å². The number of para-hydroxylation sites is 1. The minimum Gasteiger partial charge on any atom is -0.489 e. The number of likely N-dealkylation sites (tertiary alicyclic amines) is 1. The van der Waals surface area contributed by atoms with Crippen LogP contribution < -0.4 is 21.3 Å². The van der Waals surface area contributed by atoms with Crippen molar-refractivity contribution < 1.29 is 19.5 Å². The van der Waals surface area contributed by atoms with E-state index in [1.165, 1.54) is 0 Å². The SMILES string of the molecule is Cc1cc(COc2ccc(C(=O)NC3(CC(=O)NO)CCN(C(=N)N)CC3)cc2)c2ccccc2n1. The van der Waals surface area contributed by atoms with Gasteiger partial charge in [0.1, 0.15) is 12.4 Å². The molecule has 0 aliphatic carbocycles. The van der Waals surface area contributed by atoms with Crippen molar-refractivity contribution in [1.29, 1.82) is 5.41 Å². The molecular formula is C26H30N6O4. The lowest BCUT2D eigenvalue weighted by Gasteiger charge is -2.42. The van der Waals surface area contributed by atoms with E-state index in [0.717, 1.165) is 22.2 Å². The number of ether oxygens (including phenoxy) is 1. The van der Waals surface area contributed by atoms with Gasteiger partial charge in [-0.3, -0.25) is 25.2 Å². The van der Waals surface area contributed by atoms with Crippen LogP contribution in [0.25, 0.3) is 10.9 Å². The minimum atomic E-state index is -0.856. The molecule has 0 saturated carbocycles. The van der Waals surface area contributed by atoms with E-state index in [1.807, 2.05) is 37.3 Å². The van der Waals surface area contributed by atoms with Gasteiger partial charge in [-0.05, 0) is 56.2 Å². The molecule has 6 N–H and O–H groups in total. The van der Waals surface area contributed by atoms with E-state index in [1.54, 1.807) is 34.6 Å². The van der Waals surface area contributed by atoms with Crippen molar-refractivity contribution in [3.8, 4) is 5.75 Å². The highest BCUT2D eigenvalue weighted by molar-refractivity contribution is 5.95. The summed E-state index contributed by atoms with van der Waals surface area (Å²) < 4.78 is 5.98. The van der Waals surface area contributed by atoms with Crippen LogP contribution in [0.15, 0.2) is 54.6 Å². The maximum atomic E-state index is 13.0. The first kappa shape index (κ1) is 24.9. The van der Waals surface area contributed by atoms with Gasteiger partial charge in [0.15, 0.2) is 5.96 Å². The molecule has 0 radical (unpaired) electrons. The highest BCUT2D eigenvalue weighted by atomic mass is 16.5. The average Bonchev–Trinajstić information content (AvgIpc) is 2.87. The Bertz CT molecular complexity index is 1270. The molecule has 36 heavy (non-hydrogen) atoms. The molecule has 10 heteroatoms. The highest BCUT2D eigenvalue weighted by Gasteiger charge is 2.38. The summed E-state index contributed by atoms with van der Waals surface area (Å²) in [6.07, 6.45) is 0.736. The Hall–Kier alpha value is -4.18. The van der Waals surface area contributed by atoms with Crippen LogP contribution in [0.4, 0.5) is 0 Å². The quantitative estimate of drug-likeness (QED) is 0.148. The van der Waals surface area contributed by atoms with E-state index >= 15 is 0 Å². The maximum Gasteiger partial charge on any atom is 0.251 e. The zero-order valence-electron chi connectivity index (χ0n) is 20.1. The van der Waals surface area contributed by atoms with Gasteiger partial charge < -0.3 is 20.7 Å². The molecule has 1 aliphatic heterocycles. The lowest BCUT2D eigenvalue weighted by atomic mass is 9.83. The van der Waals surface area contributed by atoms with Gasteiger partial charge in [0.25, 0.3) is 5.91 Å². The monoisotopic (exact) mass is 490 g/mol. The number of hydrogen-bond donors (Lipinski definition) is 5. The second-order valence-electron chi connectivity index (χ2n) is 9.07. The molecule has 0 unspecified atom stereocenters. The number of benzene rings is 2. The van der Waals surface area contributed by atoms with E-state index < -0.39 is 11.4 Å². The first-order valence-corrected chi connectivity index (χ1v) is 11.7. The number of aromatic nitrogens is 1. The molecule has 188 valence electrons. The predicted octanol–water partition coefficient (Wildman–Crippen LogP) is 2.48. The van der Waals surface area contributed by atoms with E-state index in [4.69, 9.17) is 21.1 Å². The third-order valence-corrected chi connectivity index (χ3v) is 6.50. The predicted molar refractivity (Wildman–Crippen MR) is 135 cm³/mol. The smallest absolute Gasteiger partial charge is 0.251 e. The molecule has 4 rings (SSSR count). The maximum absolute atomic E-state index is 13.0. The number of aryl methyl sites for hydroxylation is 1. The van der Waals surface area contributed by atoms with Crippen molar-refractivity contribution in [2.45, 2.75) is 38.3 Å². The molecule has 10 nitrogen and oxygen atoms in total. The first-order valence-electron chi connectivity index (χ1n) is 11.7. The number of nitrogens with zero attached hydrogens (tertiary/aromatic N) is 2. The van der Waals surface area contributed by atoms with E-state index in [9.17, 15) is 9.59 Å². The molecular weight excluding hydrogens is 460 g/mol. The molecule has 0 spiro atoms. The fourth-order valence-corrected chi connectivity index (χ4v) is 4.56. The molecule has 0 atom stereocenters. The van der Waals surface area contributed by atoms with E-state index in [-0.39, 0.29) is 18.3 Å². The molecule has 2 amide bonds. The van der Waals surface area contributed by atoms with Gasteiger partial charge in [0, 0.05) is 35.3 Å². The van der Waals surface area contributed by atoms with Crippen LogP contribution in [0.3, 0.4) is 0 Å². The summed E-state index contributed by atoms with van der Waals surface area (Å²) >= 11 is 0. The summed E-state index contributed by atoms with van der Waals surface area (Å²) in [4.78, 5) is 31.2. The number of nitrogens with two attached hydrogens (primary N) is 1. The van der Waals surface area contributed by atoms with Crippen molar-refractivity contribution in [1.82, 2.24) is 20.7 Å². The van der Waals surface area contributed by atoms with Crippen molar-refractivity contribution >= 4 is 28.7 Å². The van der Waals surface area contributed by atoms with Crippen LogP contribution >= 0.6 is 0 Å². The number of carbonyl (C=O) groups excluding carboxylic acids is 2. The average molecular weight is 491 g/mol. The van der Waals surface area contributed by atoms with Gasteiger partial charge in [-0.25, -0.2) is 5.48 Å². The lowest BCUT2D eigenvalue weighted by molar-refractivity contribution is -0.131. The number of piperidine rings is 1. The number of amides is 2. The summed E-state index contributed by atoms with van der Waals surface area (Å²) in [7, 11) is 0. The van der Waals surface area contributed by atoms with Crippen LogP contribution in [-0.2, 0) is 11.4 Å². The molecule has 2 heterocycles. The number of pyridine rings is 1. The van der Waals surface area contributed by atoms with Gasteiger partial charge in [0.05, 0.1) is 17.5 Å². The molecule has 1 saturated heterocycles. The summed E-state index contributed by atoms with van der Waals surface area (Å²) in [5.74, 6) is -0.352. The molecule has 1 aliphatic rings. The van der Waals surface area contributed by atoms with Gasteiger partial charge >= 0.3 is 0 Å². The van der Waals surface area contributed by atoms with Gasteiger partial charge in [-0.15, -0.1) is 0 Å². The number of rotatable bonds is 7. The van der Waals surface area contributed by atoms with E-state index in [2.05, 4.69) is 10.3 Å². The molecule has 3 aromatic rings. The highest BCUT2D eigenvalue weighted by Crippen LogP contribution is 2.27. The Labute approximate surface area is 208 Å². The zero-order chi connectivity index (χ0) is 25.7. The summed E-state index contributed by atoms with van der Waals surface area (Å²) in [5.41, 5.74) is 9.64. The first-order chi connectivity index (χ1) is 17.3. The Kier molecular flexibility index (Phi) is 7.35. The number of nitrogens with one attached hydrogen (secondary N) is 3.